The fourth-order valence-corrected chi connectivity index (χ4v) is 3.10. The molecule has 25 heavy (non-hydrogen) atoms. The van der Waals surface area contributed by atoms with Gasteiger partial charge in [0.05, 0.1) is 11.1 Å². The first kappa shape index (κ1) is 17.8. The Morgan fingerprint density at radius 3 is 2.96 bits per heavy atom. The van der Waals surface area contributed by atoms with Crippen LogP contribution >= 0.6 is 23.8 Å². The second kappa shape index (κ2) is 7.95. The quantitative estimate of drug-likeness (QED) is 0.795. The van der Waals surface area contributed by atoms with Crippen molar-refractivity contribution < 1.29 is 14.1 Å². The Bertz CT molecular complexity index is 787. The van der Waals surface area contributed by atoms with Crippen LogP contribution in [0.25, 0.3) is 11.3 Å². The Balaban J connectivity index is 1.71. The number of carbonyl (C=O) groups is 1. The van der Waals surface area contributed by atoms with E-state index in [1.54, 1.807) is 19.1 Å². The lowest BCUT2D eigenvalue weighted by molar-refractivity contribution is 0.0972. The fourth-order valence-electron chi connectivity index (χ4n) is 2.70. The third-order valence-electron chi connectivity index (χ3n) is 3.96. The number of benzene rings is 1. The van der Waals surface area contributed by atoms with E-state index in [2.05, 4.69) is 15.8 Å². The number of aryl methyl sites for hydroxylation is 1. The molecule has 1 aliphatic heterocycles. The highest BCUT2D eigenvalue weighted by Crippen LogP contribution is 2.30. The summed E-state index contributed by atoms with van der Waals surface area (Å²) in [6, 6.07) is 7.14. The largest absolute Gasteiger partial charge is 0.376 e. The van der Waals surface area contributed by atoms with Gasteiger partial charge in [0, 0.05) is 18.7 Å². The van der Waals surface area contributed by atoms with Gasteiger partial charge in [0.1, 0.15) is 17.0 Å². The Labute approximate surface area is 155 Å². The monoisotopic (exact) mass is 379 g/mol. The maximum atomic E-state index is 12.6. The second-order valence-corrected chi connectivity index (χ2v) is 6.56. The molecule has 1 saturated heterocycles. The van der Waals surface area contributed by atoms with E-state index in [1.165, 1.54) is 0 Å². The number of aromatic nitrogens is 1. The minimum absolute atomic E-state index is 0.130. The number of carbonyl (C=O) groups excluding carboxylic acids is 1. The number of hydrogen-bond donors (Lipinski definition) is 2. The molecule has 132 valence electrons. The molecule has 1 amide bonds. The molecule has 1 atom stereocenters. The molecule has 1 aromatic carbocycles. The summed E-state index contributed by atoms with van der Waals surface area (Å²) in [6.45, 7) is 3.01. The summed E-state index contributed by atoms with van der Waals surface area (Å²) in [7, 11) is 0. The van der Waals surface area contributed by atoms with Crippen LogP contribution in [0.15, 0.2) is 28.8 Å². The van der Waals surface area contributed by atoms with E-state index in [0.29, 0.717) is 34.1 Å². The van der Waals surface area contributed by atoms with Crippen molar-refractivity contribution in [2.24, 2.45) is 0 Å². The van der Waals surface area contributed by atoms with Crippen molar-refractivity contribution in [2.75, 3.05) is 13.2 Å². The van der Waals surface area contributed by atoms with Crippen molar-refractivity contribution in [2.45, 2.75) is 25.9 Å². The summed E-state index contributed by atoms with van der Waals surface area (Å²) in [5.41, 5.74) is 1.33. The van der Waals surface area contributed by atoms with Crippen molar-refractivity contribution in [1.82, 2.24) is 15.8 Å². The summed E-state index contributed by atoms with van der Waals surface area (Å²) in [5.74, 6) is 0.00727. The van der Waals surface area contributed by atoms with Crippen LogP contribution in [0, 0.1) is 6.92 Å². The summed E-state index contributed by atoms with van der Waals surface area (Å²) < 4.78 is 10.7. The SMILES string of the molecule is Cc1onc(-c2ccccc2Cl)c1C(=O)NC(=S)NC[C@@H]1CCCO1. The van der Waals surface area contributed by atoms with Gasteiger partial charge in [-0.2, -0.15) is 0 Å². The van der Waals surface area contributed by atoms with Crippen molar-refractivity contribution in [3.05, 3.63) is 40.6 Å². The van der Waals surface area contributed by atoms with E-state index in [-0.39, 0.29) is 11.2 Å². The maximum Gasteiger partial charge on any atom is 0.263 e. The summed E-state index contributed by atoms with van der Waals surface area (Å²) >= 11 is 11.4. The van der Waals surface area contributed by atoms with Crippen molar-refractivity contribution in [3.63, 3.8) is 0 Å². The molecule has 3 rings (SSSR count). The summed E-state index contributed by atoms with van der Waals surface area (Å²) in [4.78, 5) is 12.6. The number of amides is 1. The van der Waals surface area contributed by atoms with Crippen LogP contribution in [0.4, 0.5) is 0 Å². The van der Waals surface area contributed by atoms with Gasteiger partial charge in [-0.05, 0) is 38.0 Å². The minimum atomic E-state index is -0.390. The van der Waals surface area contributed by atoms with Gasteiger partial charge in [0.15, 0.2) is 5.11 Å². The third-order valence-corrected chi connectivity index (χ3v) is 4.54. The molecule has 0 radical (unpaired) electrons. The molecule has 0 bridgehead atoms. The topological polar surface area (TPSA) is 76.4 Å². The number of nitrogens with zero attached hydrogens (tertiary/aromatic N) is 1. The van der Waals surface area contributed by atoms with E-state index in [4.69, 9.17) is 33.1 Å². The number of ether oxygens (including phenoxy) is 1. The van der Waals surface area contributed by atoms with Crippen LogP contribution in [0.3, 0.4) is 0 Å². The Hall–Kier alpha value is -1.96. The zero-order valence-electron chi connectivity index (χ0n) is 13.7. The molecule has 1 aromatic heterocycles. The van der Waals surface area contributed by atoms with Crippen molar-refractivity contribution in [3.8, 4) is 11.3 Å². The number of rotatable bonds is 4. The predicted octanol–water partition coefficient (Wildman–Crippen LogP) is 3.09. The van der Waals surface area contributed by atoms with Crippen LogP contribution in [0.2, 0.25) is 5.02 Å². The molecule has 2 heterocycles. The highest BCUT2D eigenvalue weighted by Gasteiger charge is 2.24. The van der Waals surface area contributed by atoms with E-state index in [1.807, 2.05) is 12.1 Å². The Morgan fingerprint density at radius 2 is 2.24 bits per heavy atom. The van der Waals surface area contributed by atoms with Gasteiger partial charge in [0.25, 0.3) is 5.91 Å². The second-order valence-electron chi connectivity index (χ2n) is 5.74. The molecule has 2 N–H and O–H groups in total. The van der Waals surface area contributed by atoms with Gasteiger partial charge in [-0.15, -0.1) is 0 Å². The maximum absolute atomic E-state index is 12.6. The number of hydrogen-bond acceptors (Lipinski definition) is 5. The molecule has 1 fully saturated rings. The normalized spacial score (nSPS) is 16.6. The molecular weight excluding hydrogens is 362 g/mol. The summed E-state index contributed by atoms with van der Waals surface area (Å²) in [5, 5.41) is 10.4. The standard InChI is InChI=1S/C17H18ClN3O3S/c1-10-14(15(21-24-10)12-6-2-3-7-13(12)18)16(22)20-17(25)19-9-11-5-4-8-23-11/h2-3,6-7,11H,4-5,8-9H2,1H3,(H2,19,20,22,25)/t11-/m0/s1. The molecule has 0 unspecified atom stereocenters. The Morgan fingerprint density at radius 1 is 1.44 bits per heavy atom. The third kappa shape index (κ3) is 4.18. The lowest BCUT2D eigenvalue weighted by atomic mass is 10.1. The van der Waals surface area contributed by atoms with E-state index < -0.39 is 5.91 Å². The highest BCUT2D eigenvalue weighted by atomic mass is 35.5. The van der Waals surface area contributed by atoms with Crippen molar-refractivity contribution in [1.29, 1.82) is 0 Å². The van der Waals surface area contributed by atoms with Gasteiger partial charge in [-0.3, -0.25) is 10.1 Å². The number of thiocarbonyl (C=S) groups is 1. The molecule has 0 aliphatic carbocycles. The number of halogens is 1. The molecular formula is C17H18ClN3O3S. The Kier molecular flexibility index (Phi) is 5.67. The first-order valence-electron chi connectivity index (χ1n) is 7.98. The molecule has 8 heteroatoms. The van der Waals surface area contributed by atoms with E-state index >= 15 is 0 Å². The van der Waals surface area contributed by atoms with E-state index in [0.717, 1.165) is 19.4 Å². The van der Waals surface area contributed by atoms with Gasteiger partial charge in [-0.1, -0.05) is 35.0 Å². The molecule has 0 spiro atoms. The van der Waals surface area contributed by atoms with Gasteiger partial charge >= 0.3 is 0 Å². The highest BCUT2D eigenvalue weighted by molar-refractivity contribution is 7.80. The van der Waals surface area contributed by atoms with E-state index in [9.17, 15) is 4.79 Å². The lowest BCUT2D eigenvalue weighted by Gasteiger charge is -2.13. The lowest BCUT2D eigenvalue weighted by Crippen LogP contribution is -2.42. The van der Waals surface area contributed by atoms with Gasteiger partial charge < -0.3 is 14.6 Å². The average Bonchev–Trinajstić information content (AvgIpc) is 3.23. The molecule has 6 nitrogen and oxygen atoms in total. The molecule has 1 aliphatic rings. The summed E-state index contributed by atoms with van der Waals surface area (Å²) in [6.07, 6.45) is 2.17. The smallest absolute Gasteiger partial charge is 0.263 e. The van der Waals surface area contributed by atoms with Crippen LogP contribution in [-0.2, 0) is 4.74 Å². The number of nitrogens with one attached hydrogen (secondary N) is 2. The van der Waals surface area contributed by atoms with Crippen LogP contribution in [0.1, 0.15) is 29.0 Å². The van der Waals surface area contributed by atoms with Crippen LogP contribution < -0.4 is 10.6 Å². The first-order valence-corrected chi connectivity index (χ1v) is 8.77. The van der Waals surface area contributed by atoms with Gasteiger partial charge in [-0.25, -0.2) is 0 Å². The van der Waals surface area contributed by atoms with Crippen LogP contribution in [-0.4, -0.2) is 35.4 Å². The first-order chi connectivity index (χ1) is 12.1. The zero-order valence-corrected chi connectivity index (χ0v) is 15.2. The molecule has 0 saturated carbocycles. The van der Waals surface area contributed by atoms with Crippen LogP contribution in [0.5, 0.6) is 0 Å². The molecule has 2 aromatic rings. The average molecular weight is 380 g/mol. The predicted molar refractivity (Wildman–Crippen MR) is 98.7 cm³/mol. The fraction of sp³-hybridized carbons (Fsp3) is 0.353. The van der Waals surface area contributed by atoms with Crippen molar-refractivity contribution >= 4 is 34.8 Å². The van der Waals surface area contributed by atoms with Gasteiger partial charge in [0.2, 0.25) is 0 Å². The zero-order chi connectivity index (χ0) is 17.8. The minimum Gasteiger partial charge on any atom is -0.376 e.